The maximum atomic E-state index is 12.2. The third kappa shape index (κ3) is 6.09. The Labute approximate surface area is 164 Å². The van der Waals surface area contributed by atoms with Gasteiger partial charge in [-0.2, -0.15) is 5.26 Å². The van der Waals surface area contributed by atoms with Gasteiger partial charge in [-0.3, -0.25) is 4.79 Å². The predicted octanol–water partition coefficient (Wildman–Crippen LogP) is 4.93. The number of rotatable bonds is 6. The minimum absolute atomic E-state index is 0.0507. The highest BCUT2D eigenvalue weighted by atomic mass is 79.9. The summed E-state index contributed by atoms with van der Waals surface area (Å²) in [6, 6.07) is 14.5. The molecule has 0 saturated heterocycles. The summed E-state index contributed by atoms with van der Waals surface area (Å²) in [7, 11) is 0. The van der Waals surface area contributed by atoms with E-state index in [9.17, 15) is 4.79 Å². The molecule has 0 aliphatic rings. The Morgan fingerprint density at radius 3 is 2.76 bits per heavy atom. The number of carbonyl (C=O) groups excluding carboxylic acids is 1. The highest BCUT2D eigenvalue weighted by Gasteiger charge is 2.11. The Morgan fingerprint density at radius 2 is 2.04 bits per heavy atom. The molecule has 0 saturated carbocycles. The van der Waals surface area contributed by atoms with Crippen molar-refractivity contribution in [1.29, 1.82) is 5.26 Å². The van der Waals surface area contributed by atoms with E-state index in [1.807, 2.05) is 30.3 Å². The van der Waals surface area contributed by atoms with Gasteiger partial charge in [0.1, 0.15) is 11.6 Å². The number of anilines is 1. The fraction of sp³-hybridized carbons (Fsp3) is 0.111. The third-order valence-electron chi connectivity index (χ3n) is 3.24. The summed E-state index contributed by atoms with van der Waals surface area (Å²) in [5.74, 6) is -0.554. The topological polar surface area (TPSA) is 64.9 Å². The molecule has 25 heavy (non-hydrogen) atoms. The van der Waals surface area contributed by atoms with E-state index in [2.05, 4.69) is 26.6 Å². The molecule has 1 amide bonds. The van der Waals surface area contributed by atoms with Gasteiger partial charge in [0.05, 0.1) is 10.7 Å². The average molecular weight is 439 g/mol. The van der Waals surface area contributed by atoms with E-state index in [0.29, 0.717) is 22.3 Å². The maximum Gasteiger partial charge on any atom is 0.267 e. The van der Waals surface area contributed by atoms with E-state index >= 15 is 0 Å². The molecule has 0 radical (unpaired) electrons. The van der Waals surface area contributed by atoms with Gasteiger partial charge in [-0.15, -0.1) is 0 Å². The maximum absolute atomic E-state index is 12.2. The lowest BCUT2D eigenvalue weighted by Crippen LogP contribution is -2.18. The van der Waals surface area contributed by atoms with Crippen molar-refractivity contribution in [2.45, 2.75) is 6.42 Å². The van der Waals surface area contributed by atoms with Crippen LogP contribution >= 0.6 is 39.1 Å². The quantitative estimate of drug-likeness (QED) is 0.381. The molecule has 2 rings (SSSR count). The van der Waals surface area contributed by atoms with E-state index in [-0.39, 0.29) is 5.57 Å². The van der Waals surface area contributed by atoms with Gasteiger partial charge in [-0.25, -0.2) is 0 Å². The van der Waals surface area contributed by atoms with E-state index in [0.717, 1.165) is 16.5 Å². The van der Waals surface area contributed by atoms with Crippen LogP contribution in [0.5, 0.6) is 0 Å². The largest absolute Gasteiger partial charge is 0.389 e. The second kappa shape index (κ2) is 9.47. The van der Waals surface area contributed by atoms with Crippen LogP contribution in [0.2, 0.25) is 10.0 Å². The molecule has 0 aromatic heterocycles. The molecule has 2 N–H and O–H groups in total. The first kappa shape index (κ1) is 19.3. The molecule has 2 aromatic rings. The fourth-order valence-electron chi connectivity index (χ4n) is 2.01. The molecule has 0 spiro atoms. The van der Waals surface area contributed by atoms with Crippen LogP contribution in [0.25, 0.3) is 0 Å². The molecule has 0 aliphatic heterocycles. The lowest BCUT2D eigenvalue weighted by molar-refractivity contribution is -0.112. The zero-order valence-corrected chi connectivity index (χ0v) is 16.1. The number of halogens is 3. The van der Waals surface area contributed by atoms with Crippen molar-refractivity contribution in [3.63, 3.8) is 0 Å². The van der Waals surface area contributed by atoms with Crippen LogP contribution in [0.3, 0.4) is 0 Å². The van der Waals surface area contributed by atoms with Gasteiger partial charge in [0.15, 0.2) is 0 Å². The number of nitriles is 1. The van der Waals surface area contributed by atoms with Crippen LogP contribution in [-0.4, -0.2) is 12.5 Å². The summed E-state index contributed by atoms with van der Waals surface area (Å²) >= 11 is 15.3. The summed E-state index contributed by atoms with van der Waals surface area (Å²) in [4.78, 5) is 12.2. The van der Waals surface area contributed by atoms with Crippen LogP contribution in [0, 0.1) is 11.3 Å². The zero-order valence-electron chi connectivity index (χ0n) is 13.0. The van der Waals surface area contributed by atoms with Crippen LogP contribution in [0.15, 0.2) is 58.7 Å². The lowest BCUT2D eigenvalue weighted by atomic mass is 10.1. The molecular weight excluding hydrogens is 425 g/mol. The van der Waals surface area contributed by atoms with Crippen molar-refractivity contribution in [3.05, 3.63) is 74.3 Å². The number of hydrogen-bond acceptors (Lipinski definition) is 3. The van der Waals surface area contributed by atoms with E-state index in [1.54, 1.807) is 12.1 Å². The van der Waals surface area contributed by atoms with Crippen molar-refractivity contribution < 1.29 is 4.79 Å². The summed E-state index contributed by atoms with van der Waals surface area (Å²) in [5.41, 5.74) is 1.45. The van der Waals surface area contributed by atoms with Crippen LogP contribution in [0.4, 0.5) is 5.69 Å². The smallest absolute Gasteiger partial charge is 0.267 e. The summed E-state index contributed by atoms with van der Waals surface area (Å²) < 4.78 is 1.01. The SMILES string of the molecule is N#C/C(=C/NCCc1cccc(Br)c1)C(=O)Nc1cc(Cl)ccc1Cl. The molecule has 0 aliphatic carbocycles. The molecule has 128 valence electrons. The Morgan fingerprint density at radius 1 is 1.24 bits per heavy atom. The standard InChI is InChI=1S/C18H14BrCl2N3O/c19-14-3-1-2-12(8-14)6-7-23-11-13(10-22)18(25)24-17-9-15(20)4-5-16(17)21/h1-5,8-9,11,23H,6-7H2,(H,24,25)/b13-11-. The fourth-order valence-corrected chi connectivity index (χ4v) is 2.80. The first-order valence-corrected chi connectivity index (χ1v) is 8.89. The highest BCUT2D eigenvalue weighted by Crippen LogP contribution is 2.25. The van der Waals surface area contributed by atoms with Crippen molar-refractivity contribution in [2.75, 3.05) is 11.9 Å². The van der Waals surface area contributed by atoms with Gasteiger partial charge < -0.3 is 10.6 Å². The lowest BCUT2D eigenvalue weighted by Gasteiger charge is -2.07. The molecule has 0 unspecified atom stereocenters. The monoisotopic (exact) mass is 437 g/mol. The van der Waals surface area contributed by atoms with Gasteiger partial charge in [-0.05, 0) is 42.3 Å². The molecular formula is C18H14BrCl2N3O. The summed E-state index contributed by atoms with van der Waals surface area (Å²) in [6.07, 6.45) is 2.15. The number of nitrogens with one attached hydrogen (secondary N) is 2. The van der Waals surface area contributed by atoms with Crippen molar-refractivity contribution in [3.8, 4) is 6.07 Å². The minimum Gasteiger partial charge on any atom is -0.389 e. The molecule has 2 aromatic carbocycles. The van der Waals surface area contributed by atoms with Crippen molar-refractivity contribution in [2.24, 2.45) is 0 Å². The van der Waals surface area contributed by atoms with Crippen LogP contribution in [-0.2, 0) is 11.2 Å². The van der Waals surface area contributed by atoms with E-state index in [1.165, 1.54) is 12.3 Å². The second-order valence-corrected chi connectivity index (χ2v) is 6.84. The predicted molar refractivity (Wildman–Crippen MR) is 105 cm³/mol. The molecule has 7 heteroatoms. The van der Waals surface area contributed by atoms with Gasteiger partial charge in [-0.1, -0.05) is 51.3 Å². The first-order valence-electron chi connectivity index (χ1n) is 7.34. The Kier molecular flexibility index (Phi) is 7.32. The normalized spacial score (nSPS) is 10.9. The molecule has 0 heterocycles. The Bertz CT molecular complexity index is 846. The average Bonchev–Trinajstić information content (AvgIpc) is 2.58. The van der Waals surface area contributed by atoms with E-state index < -0.39 is 5.91 Å². The molecule has 0 fully saturated rings. The van der Waals surface area contributed by atoms with Crippen LogP contribution < -0.4 is 10.6 Å². The first-order chi connectivity index (χ1) is 12.0. The summed E-state index contributed by atoms with van der Waals surface area (Å²) in [6.45, 7) is 0.590. The van der Waals surface area contributed by atoms with Crippen molar-refractivity contribution >= 4 is 50.7 Å². The number of hydrogen-bond donors (Lipinski definition) is 2. The van der Waals surface area contributed by atoms with Gasteiger partial charge in [0, 0.05) is 22.2 Å². The number of amides is 1. The zero-order chi connectivity index (χ0) is 18.2. The summed E-state index contributed by atoms with van der Waals surface area (Å²) in [5, 5.41) is 15.5. The molecule has 4 nitrogen and oxygen atoms in total. The Hall–Kier alpha value is -2.00. The minimum atomic E-state index is -0.554. The highest BCUT2D eigenvalue weighted by molar-refractivity contribution is 9.10. The van der Waals surface area contributed by atoms with Crippen LogP contribution in [0.1, 0.15) is 5.56 Å². The number of carbonyl (C=O) groups is 1. The van der Waals surface area contributed by atoms with E-state index in [4.69, 9.17) is 28.5 Å². The van der Waals surface area contributed by atoms with Gasteiger partial charge >= 0.3 is 0 Å². The van der Waals surface area contributed by atoms with Crippen molar-refractivity contribution in [1.82, 2.24) is 5.32 Å². The second-order valence-electron chi connectivity index (χ2n) is 5.08. The molecule has 0 bridgehead atoms. The van der Waals surface area contributed by atoms with Gasteiger partial charge in [0.25, 0.3) is 5.91 Å². The third-order valence-corrected chi connectivity index (χ3v) is 4.29. The number of benzene rings is 2. The number of nitrogens with zero attached hydrogens (tertiary/aromatic N) is 1. The Balaban J connectivity index is 1.94. The molecule has 0 atom stereocenters. The van der Waals surface area contributed by atoms with Gasteiger partial charge in [0.2, 0.25) is 0 Å².